The SMILES string of the molecule is OC(COc1ccc(Br)c(F)c1)CC1CCCC1. The monoisotopic (exact) mass is 316 g/mol. The second kappa shape index (κ2) is 6.53. The molecule has 1 atom stereocenters. The average molecular weight is 317 g/mol. The molecule has 0 amide bonds. The summed E-state index contributed by atoms with van der Waals surface area (Å²) in [5.41, 5.74) is 0. The molecule has 1 aliphatic rings. The average Bonchev–Trinajstić information content (AvgIpc) is 2.83. The molecule has 0 radical (unpaired) electrons. The molecule has 0 heterocycles. The van der Waals surface area contributed by atoms with E-state index in [1.54, 1.807) is 12.1 Å². The van der Waals surface area contributed by atoms with E-state index >= 15 is 0 Å². The van der Waals surface area contributed by atoms with Gasteiger partial charge in [0.1, 0.15) is 18.2 Å². The van der Waals surface area contributed by atoms with Crippen molar-refractivity contribution >= 4 is 15.9 Å². The van der Waals surface area contributed by atoms with Gasteiger partial charge >= 0.3 is 0 Å². The lowest BCUT2D eigenvalue weighted by molar-refractivity contribution is 0.0854. The molecule has 100 valence electrons. The van der Waals surface area contributed by atoms with Crippen molar-refractivity contribution in [2.24, 2.45) is 5.92 Å². The first-order valence-electron chi connectivity index (χ1n) is 6.41. The van der Waals surface area contributed by atoms with Crippen LogP contribution in [0.5, 0.6) is 5.75 Å². The standard InChI is InChI=1S/C14H18BrFO2/c15-13-6-5-12(8-14(13)16)18-9-11(17)7-10-3-1-2-4-10/h5-6,8,10-11,17H,1-4,7,9H2. The maximum absolute atomic E-state index is 13.2. The largest absolute Gasteiger partial charge is 0.491 e. The Balaban J connectivity index is 1.77. The summed E-state index contributed by atoms with van der Waals surface area (Å²) in [6.07, 6.45) is 5.30. The third kappa shape index (κ3) is 3.95. The van der Waals surface area contributed by atoms with Gasteiger partial charge < -0.3 is 9.84 Å². The Morgan fingerprint density at radius 2 is 2.11 bits per heavy atom. The topological polar surface area (TPSA) is 29.5 Å². The van der Waals surface area contributed by atoms with Gasteiger partial charge in [0, 0.05) is 6.07 Å². The maximum atomic E-state index is 13.2. The molecule has 0 aromatic heterocycles. The van der Waals surface area contributed by atoms with Crippen molar-refractivity contribution in [1.29, 1.82) is 0 Å². The van der Waals surface area contributed by atoms with Crippen LogP contribution >= 0.6 is 15.9 Å². The maximum Gasteiger partial charge on any atom is 0.141 e. The van der Waals surface area contributed by atoms with Crippen LogP contribution in [0, 0.1) is 11.7 Å². The van der Waals surface area contributed by atoms with E-state index in [2.05, 4.69) is 15.9 Å². The lowest BCUT2D eigenvalue weighted by atomic mass is 10.0. The molecule has 1 aliphatic carbocycles. The van der Waals surface area contributed by atoms with Gasteiger partial charge in [-0.05, 0) is 40.4 Å². The summed E-state index contributed by atoms with van der Waals surface area (Å²) >= 11 is 3.09. The van der Waals surface area contributed by atoms with E-state index in [1.165, 1.54) is 31.7 Å². The van der Waals surface area contributed by atoms with Gasteiger partial charge in [-0.15, -0.1) is 0 Å². The van der Waals surface area contributed by atoms with E-state index in [-0.39, 0.29) is 12.4 Å². The van der Waals surface area contributed by atoms with Gasteiger partial charge in [-0.25, -0.2) is 4.39 Å². The quantitative estimate of drug-likeness (QED) is 0.892. The summed E-state index contributed by atoms with van der Waals surface area (Å²) in [6.45, 7) is 0.234. The predicted octanol–water partition coefficient (Wildman–Crippen LogP) is 3.91. The van der Waals surface area contributed by atoms with Crippen molar-refractivity contribution < 1.29 is 14.2 Å². The molecule has 0 spiro atoms. The molecule has 4 heteroatoms. The van der Waals surface area contributed by atoms with Gasteiger partial charge in [-0.2, -0.15) is 0 Å². The molecule has 0 bridgehead atoms. The number of benzene rings is 1. The number of rotatable bonds is 5. The molecular formula is C14H18BrFO2. The first kappa shape index (κ1) is 13.8. The molecule has 1 unspecified atom stereocenters. The fourth-order valence-electron chi connectivity index (χ4n) is 2.46. The summed E-state index contributed by atoms with van der Waals surface area (Å²) in [6, 6.07) is 4.62. The summed E-state index contributed by atoms with van der Waals surface area (Å²) < 4.78 is 19.1. The van der Waals surface area contributed by atoms with Gasteiger partial charge in [-0.3, -0.25) is 0 Å². The second-order valence-electron chi connectivity index (χ2n) is 4.93. The molecule has 2 rings (SSSR count). The van der Waals surface area contributed by atoms with Gasteiger partial charge in [0.25, 0.3) is 0 Å². The zero-order chi connectivity index (χ0) is 13.0. The number of hydrogen-bond acceptors (Lipinski definition) is 2. The predicted molar refractivity (Wildman–Crippen MR) is 72.2 cm³/mol. The summed E-state index contributed by atoms with van der Waals surface area (Å²) in [7, 11) is 0. The lowest BCUT2D eigenvalue weighted by Gasteiger charge is -2.16. The number of halogens is 2. The Bertz CT molecular complexity index is 391. The minimum atomic E-state index is -0.459. The molecule has 1 aromatic carbocycles. The number of aliphatic hydroxyl groups is 1. The second-order valence-corrected chi connectivity index (χ2v) is 5.78. The van der Waals surface area contributed by atoms with Crippen LogP contribution in [0.4, 0.5) is 4.39 Å². The number of ether oxygens (including phenoxy) is 1. The van der Waals surface area contributed by atoms with Gasteiger partial charge in [0.05, 0.1) is 10.6 Å². The molecule has 1 aromatic rings. The summed E-state index contributed by atoms with van der Waals surface area (Å²) in [5, 5.41) is 9.87. The third-order valence-corrected chi connectivity index (χ3v) is 4.06. The molecule has 0 saturated heterocycles. The van der Waals surface area contributed by atoms with E-state index in [0.29, 0.717) is 16.1 Å². The van der Waals surface area contributed by atoms with Crippen molar-refractivity contribution in [2.45, 2.75) is 38.2 Å². The first-order valence-corrected chi connectivity index (χ1v) is 7.20. The fourth-order valence-corrected chi connectivity index (χ4v) is 2.70. The summed E-state index contributed by atoms with van der Waals surface area (Å²) in [5.74, 6) is 0.740. The van der Waals surface area contributed by atoms with Crippen LogP contribution in [0.25, 0.3) is 0 Å². The molecule has 18 heavy (non-hydrogen) atoms. The molecule has 1 fully saturated rings. The zero-order valence-corrected chi connectivity index (χ0v) is 11.8. The fraction of sp³-hybridized carbons (Fsp3) is 0.571. The highest BCUT2D eigenvalue weighted by atomic mass is 79.9. The summed E-state index contributed by atoms with van der Waals surface area (Å²) in [4.78, 5) is 0. The van der Waals surface area contributed by atoms with Crippen LogP contribution < -0.4 is 4.74 Å². The van der Waals surface area contributed by atoms with Crippen molar-refractivity contribution in [3.8, 4) is 5.75 Å². The van der Waals surface area contributed by atoms with Crippen LogP contribution in [0.2, 0.25) is 0 Å². The Labute approximate surface area is 115 Å². The highest BCUT2D eigenvalue weighted by molar-refractivity contribution is 9.10. The van der Waals surface area contributed by atoms with Crippen molar-refractivity contribution in [1.82, 2.24) is 0 Å². The Hall–Kier alpha value is -0.610. The van der Waals surface area contributed by atoms with E-state index in [9.17, 15) is 9.50 Å². The first-order chi connectivity index (χ1) is 8.65. The van der Waals surface area contributed by atoms with Crippen molar-refractivity contribution in [2.75, 3.05) is 6.61 Å². The number of aliphatic hydroxyl groups excluding tert-OH is 1. The van der Waals surface area contributed by atoms with Crippen LogP contribution in [-0.4, -0.2) is 17.8 Å². The van der Waals surface area contributed by atoms with E-state index in [4.69, 9.17) is 4.74 Å². The van der Waals surface area contributed by atoms with Gasteiger partial charge in [-0.1, -0.05) is 25.7 Å². The molecule has 1 saturated carbocycles. The molecule has 2 nitrogen and oxygen atoms in total. The Morgan fingerprint density at radius 3 is 2.78 bits per heavy atom. The smallest absolute Gasteiger partial charge is 0.141 e. The van der Waals surface area contributed by atoms with Gasteiger partial charge in [0.15, 0.2) is 0 Å². The minimum Gasteiger partial charge on any atom is -0.491 e. The minimum absolute atomic E-state index is 0.234. The Morgan fingerprint density at radius 1 is 1.39 bits per heavy atom. The van der Waals surface area contributed by atoms with E-state index in [0.717, 1.165) is 6.42 Å². The van der Waals surface area contributed by atoms with Crippen LogP contribution in [0.15, 0.2) is 22.7 Å². The van der Waals surface area contributed by atoms with Crippen LogP contribution in [0.3, 0.4) is 0 Å². The van der Waals surface area contributed by atoms with Crippen molar-refractivity contribution in [3.63, 3.8) is 0 Å². The molecule has 0 aliphatic heterocycles. The molecular weight excluding hydrogens is 299 g/mol. The van der Waals surface area contributed by atoms with Crippen LogP contribution in [-0.2, 0) is 0 Å². The van der Waals surface area contributed by atoms with E-state index < -0.39 is 6.10 Å². The van der Waals surface area contributed by atoms with Crippen molar-refractivity contribution in [3.05, 3.63) is 28.5 Å². The van der Waals surface area contributed by atoms with Crippen LogP contribution in [0.1, 0.15) is 32.1 Å². The van der Waals surface area contributed by atoms with E-state index in [1.807, 2.05) is 0 Å². The third-order valence-electron chi connectivity index (χ3n) is 3.41. The normalized spacial score (nSPS) is 17.9. The number of hydrogen-bond donors (Lipinski definition) is 1. The highest BCUT2D eigenvalue weighted by Gasteiger charge is 2.19. The Kier molecular flexibility index (Phi) is 5.01. The lowest BCUT2D eigenvalue weighted by Crippen LogP contribution is -2.20. The molecule has 1 N–H and O–H groups in total. The van der Waals surface area contributed by atoms with Gasteiger partial charge in [0.2, 0.25) is 0 Å². The highest BCUT2D eigenvalue weighted by Crippen LogP contribution is 2.28. The zero-order valence-electron chi connectivity index (χ0n) is 10.2.